The van der Waals surface area contributed by atoms with Gasteiger partial charge in [0.2, 0.25) is 5.88 Å². The third-order valence-corrected chi connectivity index (χ3v) is 3.76. The highest BCUT2D eigenvalue weighted by atomic mass is 19.1. The third kappa shape index (κ3) is 3.28. The van der Waals surface area contributed by atoms with Crippen LogP contribution in [0.4, 0.5) is 10.2 Å². The van der Waals surface area contributed by atoms with E-state index in [0.717, 1.165) is 11.8 Å². The maximum absolute atomic E-state index is 14.4. The van der Waals surface area contributed by atoms with E-state index >= 15 is 0 Å². The fourth-order valence-electron chi connectivity index (χ4n) is 2.53. The molecule has 1 N–H and O–H groups in total. The Balaban J connectivity index is 1.95. The summed E-state index contributed by atoms with van der Waals surface area (Å²) in [7, 11) is 1.52. The molecule has 1 atom stereocenters. The smallest absolute Gasteiger partial charge is 0.343 e. The second-order valence-corrected chi connectivity index (χ2v) is 5.45. The Hall–Kier alpha value is -3.23. The molecule has 0 aromatic carbocycles. The molecular formula is C17H18FN5O3. The van der Waals surface area contributed by atoms with E-state index in [0.29, 0.717) is 5.88 Å². The van der Waals surface area contributed by atoms with Crippen LogP contribution in [0.15, 0.2) is 30.7 Å². The largest absolute Gasteiger partial charge is 0.481 e. The molecule has 0 saturated heterocycles. The van der Waals surface area contributed by atoms with Gasteiger partial charge in [0, 0.05) is 11.8 Å². The zero-order chi connectivity index (χ0) is 18.7. The topological polar surface area (TPSA) is 90.6 Å². The first-order chi connectivity index (χ1) is 12.5. The number of fused-ring (bicyclic) bond motifs is 1. The lowest BCUT2D eigenvalue weighted by atomic mass is 10.1. The number of aromatic nitrogens is 4. The summed E-state index contributed by atoms with van der Waals surface area (Å²) < 4.78 is 25.8. The molecule has 1 unspecified atom stereocenters. The highest BCUT2D eigenvalue weighted by molar-refractivity contribution is 5.95. The van der Waals surface area contributed by atoms with Gasteiger partial charge in [-0.15, -0.1) is 0 Å². The summed E-state index contributed by atoms with van der Waals surface area (Å²) in [6.45, 7) is 3.75. The van der Waals surface area contributed by atoms with Gasteiger partial charge in [0.25, 0.3) is 0 Å². The molecule has 9 heteroatoms. The first-order valence-corrected chi connectivity index (χ1v) is 8.01. The van der Waals surface area contributed by atoms with E-state index in [-0.39, 0.29) is 29.7 Å². The number of ether oxygens (including phenoxy) is 2. The van der Waals surface area contributed by atoms with Gasteiger partial charge in [-0.05, 0) is 19.9 Å². The molecule has 3 aromatic heterocycles. The maximum atomic E-state index is 14.4. The standard InChI is InChI=1S/C17H18FN5O3/c1-4-26-17(24)12-8-20-23-9-13(18)14(22-15(12)23)21-10(2)11-6-5-7-19-16(11)25-3/h5-10H,4H2,1-3H3,(H,21,22). The minimum absolute atomic E-state index is 0.0121. The van der Waals surface area contributed by atoms with E-state index in [1.165, 1.54) is 17.8 Å². The number of hydrogen-bond donors (Lipinski definition) is 1. The summed E-state index contributed by atoms with van der Waals surface area (Å²) in [5.74, 6) is -0.743. The average molecular weight is 359 g/mol. The Morgan fingerprint density at radius 3 is 3.00 bits per heavy atom. The van der Waals surface area contributed by atoms with Crippen molar-refractivity contribution in [1.29, 1.82) is 0 Å². The van der Waals surface area contributed by atoms with Crippen molar-refractivity contribution in [2.75, 3.05) is 19.0 Å². The van der Waals surface area contributed by atoms with Crippen LogP contribution in [0.1, 0.15) is 35.8 Å². The molecule has 3 aromatic rings. The first-order valence-electron chi connectivity index (χ1n) is 8.01. The molecule has 0 aliphatic heterocycles. The average Bonchev–Trinajstić information content (AvgIpc) is 3.04. The number of halogens is 1. The van der Waals surface area contributed by atoms with E-state index in [9.17, 15) is 9.18 Å². The van der Waals surface area contributed by atoms with Gasteiger partial charge >= 0.3 is 5.97 Å². The van der Waals surface area contributed by atoms with Crippen molar-refractivity contribution in [3.63, 3.8) is 0 Å². The highest BCUT2D eigenvalue weighted by Crippen LogP contribution is 2.26. The number of pyridine rings is 1. The van der Waals surface area contributed by atoms with Crippen LogP contribution < -0.4 is 10.1 Å². The third-order valence-electron chi connectivity index (χ3n) is 3.76. The molecule has 3 rings (SSSR count). The van der Waals surface area contributed by atoms with Crippen LogP contribution in [-0.2, 0) is 4.74 Å². The quantitative estimate of drug-likeness (QED) is 0.677. The van der Waals surface area contributed by atoms with Gasteiger partial charge in [-0.3, -0.25) is 0 Å². The van der Waals surface area contributed by atoms with Crippen molar-refractivity contribution >= 4 is 17.4 Å². The lowest BCUT2D eigenvalue weighted by Gasteiger charge is -2.17. The monoisotopic (exact) mass is 359 g/mol. The minimum atomic E-state index is -0.606. The number of methoxy groups -OCH3 is 1. The van der Waals surface area contributed by atoms with Crippen molar-refractivity contribution in [2.45, 2.75) is 19.9 Å². The second-order valence-electron chi connectivity index (χ2n) is 5.45. The number of hydrogen-bond acceptors (Lipinski definition) is 7. The summed E-state index contributed by atoms with van der Waals surface area (Å²) in [6, 6.07) is 3.25. The Morgan fingerprint density at radius 2 is 2.27 bits per heavy atom. The van der Waals surface area contributed by atoms with E-state index < -0.39 is 11.8 Å². The lowest BCUT2D eigenvalue weighted by molar-refractivity contribution is 0.0528. The SMILES string of the molecule is CCOC(=O)c1cnn2cc(F)c(NC(C)c3cccnc3OC)nc12. The van der Waals surface area contributed by atoms with Crippen LogP contribution in [0.25, 0.3) is 5.65 Å². The van der Waals surface area contributed by atoms with Crippen molar-refractivity contribution in [3.05, 3.63) is 47.7 Å². The molecule has 0 radical (unpaired) electrons. The Bertz CT molecular complexity index is 943. The van der Waals surface area contributed by atoms with Crippen LogP contribution in [0.3, 0.4) is 0 Å². The normalized spacial score (nSPS) is 12.0. The number of anilines is 1. The summed E-state index contributed by atoms with van der Waals surface area (Å²) >= 11 is 0. The van der Waals surface area contributed by atoms with Crippen LogP contribution in [0.5, 0.6) is 5.88 Å². The number of nitrogens with one attached hydrogen (secondary N) is 1. The fraction of sp³-hybridized carbons (Fsp3) is 0.294. The van der Waals surface area contributed by atoms with Crippen molar-refractivity contribution in [1.82, 2.24) is 19.6 Å². The fourth-order valence-corrected chi connectivity index (χ4v) is 2.53. The molecule has 26 heavy (non-hydrogen) atoms. The molecule has 8 nitrogen and oxygen atoms in total. The van der Waals surface area contributed by atoms with E-state index in [1.54, 1.807) is 19.2 Å². The zero-order valence-electron chi connectivity index (χ0n) is 14.6. The van der Waals surface area contributed by atoms with Crippen LogP contribution in [0.2, 0.25) is 0 Å². The Morgan fingerprint density at radius 1 is 1.46 bits per heavy atom. The van der Waals surface area contributed by atoms with Gasteiger partial charge in [0.05, 0.1) is 32.2 Å². The predicted molar refractivity (Wildman–Crippen MR) is 91.7 cm³/mol. The van der Waals surface area contributed by atoms with Crippen LogP contribution in [0, 0.1) is 5.82 Å². The van der Waals surface area contributed by atoms with Gasteiger partial charge < -0.3 is 14.8 Å². The zero-order valence-corrected chi connectivity index (χ0v) is 14.6. The molecule has 0 bridgehead atoms. The number of carbonyl (C=O) groups is 1. The Kier molecular flexibility index (Phi) is 4.97. The van der Waals surface area contributed by atoms with Crippen molar-refractivity contribution in [3.8, 4) is 5.88 Å². The number of esters is 1. The van der Waals surface area contributed by atoms with Crippen molar-refractivity contribution in [2.24, 2.45) is 0 Å². The van der Waals surface area contributed by atoms with E-state index in [2.05, 4.69) is 20.4 Å². The summed E-state index contributed by atoms with van der Waals surface area (Å²) in [5.41, 5.74) is 1.12. The number of carbonyl (C=O) groups excluding carboxylic acids is 1. The van der Waals surface area contributed by atoms with Gasteiger partial charge in [-0.2, -0.15) is 5.10 Å². The highest BCUT2D eigenvalue weighted by Gasteiger charge is 2.20. The number of rotatable bonds is 6. The summed E-state index contributed by atoms with van der Waals surface area (Å²) in [5, 5.41) is 6.93. The molecule has 136 valence electrons. The van der Waals surface area contributed by atoms with E-state index in [1.807, 2.05) is 13.0 Å². The summed E-state index contributed by atoms with van der Waals surface area (Å²) in [4.78, 5) is 20.3. The van der Waals surface area contributed by atoms with Gasteiger partial charge in [-0.1, -0.05) is 6.07 Å². The molecule has 0 spiro atoms. The molecule has 0 fully saturated rings. The molecule has 3 heterocycles. The van der Waals surface area contributed by atoms with Crippen molar-refractivity contribution < 1.29 is 18.7 Å². The van der Waals surface area contributed by atoms with E-state index in [4.69, 9.17) is 9.47 Å². The predicted octanol–water partition coefficient (Wildman–Crippen LogP) is 2.62. The molecular weight excluding hydrogens is 341 g/mol. The molecule has 0 amide bonds. The van der Waals surface area contributed by atoms with Crippen LogP contribution in [-0.4, -0.2) is 39.3 Å². The first kappa shape index (κ1) is 17.6. The lowest BCUT2D eigenvalue weighted by Crippen LogP contribution is -2.13. The summed E-state index contributed by atoms with van der Waals surface area (Å²) in [6.07, 6.45) is 4.07. The van der Waals surface area contributed by atoms with Crippen LogP contribution >= 0.6 is 0 Å². The molecule has 0 aliphatic rings. The second kappa shape index (κ2) is 7.34. The van der Waals surface area contributed by atoms with Gasteiger partial charge in [0.15, 0.2) is 17.3 Å². The molecule has 0 saturated carbocycles. The maximum Gasteiger partial charge on any atom is 0.343 e. The van der Waals surface area contributed by atoms with Gasteiger partial charge in [-0.25, -0.2) is 23.7 Å². The van der Waals surface area contributed by atoms with Gasteiger partial charge in [0.1, 0.15) is 5.56 Å². The minimum Gasteiger partial charge on any atom is -0.481 e. The number of nitrogens with zero attached hydrogens (tertiary/aromatic N) is 4. The molecule has 0 aliphatic carbocycles. The Labute approximate surface area is 149 Å².